The first-order valence-electron chi connectivity index (χ1n) is 9.99. The highest BCUT2D eigenvalue weighted by molar-refractivity contribution is 7.18. The molecule has 2 amide bonds. The lowest BCUT2D eigenvalue weighted by Gasteiger charge is -2.33. The molecule has 0 N–H and O–H groups in total. The Bertz CT molecular complexity index is 1120. The van der Waals surface area contributed by atoms with E-state index in [0.717, 1.165) is 11.4 Å². The SMILES string of the molecule is CCN1CCN(c2ccc(-n3cnc(CCC(=O)c4ccc(Cl)s4)c3)cc2)C(=O)C1=O. The largest absolute Gasteiger partial charge is 0.333 e. The van der Waals surface area contributed by atoms with Crippen LogP contribution in [0.3, 0.4) is 0 Å². The van der Waals surface area contributed by atoms with E-state index in [1.807, 2.05) is 42.0 Å². The van der Waals surface area contributed by atoms with E-state index < -0.39 is 11.8 Å². The molecular weight excluding hydrogens is 436 g/mol. The van der Waals surface area contributed by atoms with Crippen molar-refractivity contribution in [1.82, 2.24) is 14.5 Å². The van der Waals surface area contributed by atoms with Gasteiger partial charge in [-0.2, -0.15) is 0 Å². The number of halogens is 1. The average molecular weight is 457 g/mol. The molecule has 0 aliphatic carbocycles. The van der Waals surface area contributed by atoms with Crippen LogP contribution in [0.15, 0.2) is 48.9 Å². The third-order valence-electron chi connectivity index (χ3n) is 5.24. The zero-order valence-electron chi connectivity index (χ0n) is 17.0. The van der Waals surface area contributed by atoms with E-state index in [-0.39, 0.29) is 5.78 Å². The number of likely N-dealkylation sites (N-methyl/N-ethyl adjacent to an activating group) is 1. The Balaban J connectivity index is 1.40. The summed E-state index contributed by atoms with van der Waals surface area (Å²) in [7, 11) is 0. The zero-order chi connectivity index (χ0) is 22.0. The maximum atomic E-state index is 12.4. The predicted octanol–water partition coefficient (Wildman–Crippen LogP) is 3.60. The number of aryl methyl sites for hydroxylation is 1. The van der Waals surface area contributed by atoms with Gasteiger partial charge in [-0.1, -0.05) is 11.6 Å². The number of thiophene rings is 1. The Morgan fingerprint density at radius 2 is 1.81 bits per heavy atom. The molecule has 0 saturated carbocycles. The Morgan fingerprint density at radius 1 is 1.06 bits per heavy atom. The smallest absolute Gasteiger partial charge is 0.316 e. The molecule has 0 unspecified atom stereocenters. The lowest BCUT2D eigenvalue weighted by atomic mass is 10.1. The number of piperazine rings is 1. The molecule has 0 radical (unpaired) electrons. The number of imidazole rings is 1. The minimum absolute atomic E-state index is 0.0539. The first-order valence-corrected chi connectivity index (χ1v) is 11.2. The van der Waals surface area contributed by atoms with Crippen LogP contribution in [0.1, 0.15) is 28.7 Å². The second kappa shape index (κ2) is 9.03. The van der Waals surface area contributed by atoms with Crippen molar-refractivity contribution in [1.29, 1.82) is 0 Å². The first kappa shape index (κ1) is 21.3. The minimum atomic E-state index is -0.498. The predicted molar refractivity (Wildman–Crippen MR) is 120 cm³/mol. The normalized spacial score (nSPS) is 14.4. The first-order chi connectivity index (χ1) is 15.0. The van der Waals surface area contributed by atoms with Gasteiger partial charge in [0.1, 0.15) is 0 Å². The van der Waals surface area contributed by atoms with Gasteiger partial charge in [-0.05, 0) is 49.7 Å². The third-order valence-corrected chi connectivity index (χ3v) is 6.51. The van der Waals surface area contributed by atoms with Crippen LogP contribution in [-0.2, 0) is 16.0 Å². The van der Waals surface area contributed by atoms with Gasteiger partial charge in [0.2, 0.25) is 0 Å². The number of benzene rings is 1. The number of Topliss-reactive ketones (excluding diaryl/α,β-unsaturated/α-hetero) is 1. The monoisotopic (exact) mass is 456 g/mol. The Hall–Kier alpha value is -2.97. The molecule has 4 rings (SSSR count). The van der Waals surface area contributed by atoms with Crippen LogP contribution in [-0.4, -0.2) is 51.7 Å². The number of ketones is 1. The molecule has 1 aromatic carbocycles. The molecule has 1 saturated heterocycles. The van der Waals surface area contributed by atoms with Gasteiger partial charge < -0.3 is 14.4 Å². The number of hydrogen-bond acceptors (Lipinski definition) is 5. The summed E-state index contributed by atoms with van der Waals surface area (Å²) in [6.07, 6.45) is 4.49. The summed E-state index contributed by atoms with van der Waals surface area (Å²) in [6.45, 7) is 3.41. The van der Waals surface area contributed by atoms with Gasteiger partial charge in [-0.15, -0.1) is 11.3 Å². The molecular formula is C22H21ClN4O3S. The molecule has 3 aromatic rings. The Morgan fingerprint density at radius 3 is 2.48 bits per heavy atom. The van der Waals surface area contributed by atoms with Crippen LogP contribution < -0.4 is 4.90 Å². The van der Waals surface area contributed by atoms with Crippen LogP contribution in [0.2, 0.25) is 4.34 Å². The van der Waals surface area contributed by atoms with E-state index in [4.69, 9.17) is 11.6 Å². The second-order valence-corrected chi connectivity index (χ2v) is 8.87. The summed E-state index contributed by atoms with van der Waals surface area (Å²) in [4.78, 5) is 44.9. The fourth-order valence-electron chi connectivity index (χ4n) is 3.49. The molecule has 160 valence electrons. The van der Waals surface area contributed by atoms with Gasteiger partial charge in [-0.25, -0.2) is 4.98 Å². The summed E-state index contributed by atoms with van der Waals surface area (Å²) in [5.74, 6) is -0.905. The third kappa shape index (κ3) is 4.55. The number of rotatable bonds is 7. The molecule has 7 nitrogen and oxygen atoms in total. The maximum Gasteiger partial charge on any atom is 0.316 e. The highest BCUT2D eigenvalue weighted by Gasteiger charge is 2.32. The van der Waals surface area contributed by atoms with Crippen molar-refractivity contribution in [2.24, 2.45) is 0 Å². The fourth-order valence-corrected chi connectivity index (χ4v) is 4.50. The van der Waals surface area contributed by atoms with E-state index >= 15 is 0 Å². The molecule has 1 aliphatic rings. The maximum absolute atomic E-state index is 12.4. The highest BCUT2D eigenvalue weighted by atomic mass is 35.5. The lowest BCUT2D eigenvalue weighted by Crippen LogP contribution is -2.54. The number of nitrogens with zero attached hydrogens (tertiary/aromatic N) is 4. The van der Waals surface area contributed by atoms with E-state index in [9.17, 15) is 14.4 Å². The summed E-state index contributed by atoms with van der Waals surface area (Å²) < 4.78 is 2.47. The topological polar surface area (TPSA) is 75.5 Å². The van der Waals surface area contributed by atoms with E-state index in [1.165, 1.54) is 16.2 Å². The molecule has 1 fully saturated rings. The van der Waals surface area contributed by atoms with Gasteiger partial charge in [0, 0.05) is 43.6 Å². The quantitative estimate of drug-likeness (QED) is 0.402. The number of aromatic nitrogens is 2. The van der Waals surface area contributed by atoms with Crippen molar-refractivity contribution in [2.45, 2.75) is 19.8 Å². The molecule has 0 bridgehead atoms. The van der Waals surface area contributed by atoms with Gasteiger partial charge >= 0.3 is 11.8 Å². The second-order valence-electron chi connectivity index (χ2n) is 7.16. The number of carbonyl (C=O) groups is 3. The molecule has 1 aliphatic heterocycles. The summed E-state index contributed by atoms with van der Waals surface area (Å²) in [5, 5.41) is 0. The van der Waals surface area contributed by atoms with Crippen LogP contribution in [0.5, 0.6) is 0 Å². The van der Waals surface area contributed by atoms with Crippen molar-refractivity contribution in [2.75, 3.05) is 24.5 Å². The van der Waals surface area contributed by atoms with E-state index in [1.54, 1.807) is 23.4 Å². The van der Waals surface area contributed by atoms with Crippen molar-refractivity contribution in [3.63, 3.8) is 0 Å². The molecule has 0 spiro atoms. The fraction of sp³-hybridized carbons (Fsp3) is 0.273. The van der Waals surface area contributed by atoms with Crippen molar-refractivity contribution >= 4 is 46.2 Å². The summed E-state index contributed by atoms with van der Waals surface area (Å²) in [5.41, 5.74) is 2.39. The average Bonchev–Trinajstić information content (AvgIpc) is 3.43. The molecule has 0 atom stereocenters. The highest BCUT2D eigenvalue weighted by Crippen LogP contribution is 2.23. The Kier molecular flexibility index (Phi) is 6.20. The van der Waals surface area contributed by atoms with Gasteiger partial charge in [0.05, 0.1) is 21.2 Å². The summed E-state index contributed by atoms with van der Waals surface area (Å²) in [6, 6.07) is 10.9. The number of anilines is 1. The number of carbonyl (C=O) groups excluding carboxylic acids is 3. The van der Waals surface area contributed by atoms with Crippen molar-refractivity contribution < 1.29 is 14.4 Å². The molecule has 9 heteroatoms. The Labute approximate surface area is 188 Å². The summed E-state index contributed by atoms with van der Waals surface area (Å²) >= 11 is 7.18. The van der Waals surface area contributed by atoms with Crippen LogP contribution in [0.4, 0.5) is 5.69 Å². The zero-order valence-corrected chi connectivity index (χ0v) is 18.5. The standard InChI is InChI=1S/C22H21ClN4O3S/c1-2-25-11-12-27(22(30)21(25)29)17-6-4-16(5-7-17)26-13-15(24-14-26)3-8-18(28)19-9-10-20(23)31-19/h4-7,9-10,13-14H,2-3,8,11-12H2,1H3. The van der Waals surface area contributed by atoms with Gasteiger partial charge in [0.15, 0.2) is 5.78 Å². The van der Waals surface area contributed by atoms with Crippen molar-refractivity contribution in [3.8, 4) is 5.69 Å². The van der Waals surface area contributed by atoms with Crippen LogP contribution in [0, 0.1) is 0 Å². The van der Waals surface area contributed by atoms with Crippen LogP contribution in [0.25, 0.3) is 5.69 Å². The minimum Gasteiger partial charge on any atom is -0.333 e. The molecule has 3 heterocycles. The van der Waals surface area contributed by atoms with Crippen LogP contribution >= 0.6 is 22.9 Å². The number of hydrogen-bond donors (Lipinski definition) is 0. The lowest BCUT2D eigenvalue weighted by molar-refractivity contribution is -0.146. The molecule has 31 heavy (non-hydrogen) atoms. The van der Waals surface area contributed by atoms with Crippen molar-refractivity contribution in [3.05, 3.63) is 63.8 Å². The number of amides is 2. The van der Waals surface area contributed by atoms with E-state index in [2.05, 4.69) is 4.98 Å². The van der Waals surface area contributed by atoms with Gasteiger partial charge in [-0.3, -0.25) is 14.4 Å². The van der Waals surface area contributed by atoms with Gasteiger partial charge in [0.25, 0.3) is 0 Å². The molecule has 2 aromatic heterocycles. The van der Waals surface area contributed by atoms with E-state index in [0.29, 0.717) is 47.4 Å².